The topological polar surface area (TPSA) is 52.2 Å². The standard InChI is InChI=1S/C27H22N4O/c1-3-17-30-19(2)23(21-13-8-10-16-25(21)30)18-28-31-26(20-11-5-4-6-12-20)29-24-15-9-7-14-22(24)27(31)32/h3-16,18H,1,17H2,2H3. The fraction of sp³-hybridized carbons (Fsp3) is 0.0741. The van der Waals surface area contributed by atoms with Crippen molar-refractivity contribution in [3.05, 3.63) is 113 Å². The minimum absolute atomic E-state index is 0.196. The van der Waals surface area contributed by atoms with Crippen molar-refractivity contribution in [3.63, 3.8) is 0 Å². The predicted molar refractivity (Wildman–Crippen MR) is 131 cm³/mol. The quantitative estimate of drug-likeness (QED) is 0.284. The van der Waals surface area contributed by atoms with Gasteiger partial charge < -0.3 is 4.57 Å². The third-order valence-electron chi connectivity index (χ3n) is 5.68. The summed E-state index contributed by atoms with van der Waals surface area (Å²) >= 11 is 0. The molecule has 5 nitrogen and oxygen atoms in total. The molecule has 5 heteroatoms. The summed E-state index contributed by atoms with van der Waals surface area (Å²) in [7, 11) is 0. The lowest BCUT2D eigenvalue weighted by molar-refractivity contribution is 0.821. The Kier molecular flexibility index (Phi) is 5.00. The van der Waals surface area contributed by atoms with E-state index in [-0.39, 0.29) is 5.56 Å². The summed E-state index contributed by atoms with van der Waals surface area (Å²) in [5.41, 5.74) is 4.44. The van der Waals surface area contributed by atoms with E-state index in [1.807, 2.05) is 66.7 Å². The molecule has 5 aromatic rings. The van der Waals surface area contributed by atoms with Gasteiger partial charge in [0.05, 0.1) is 17.1 Å². The normalized spacial score (nSPS) is 11.5. The Morgan fingerprint density at radius 2 is 1.62 bits per heavy atom. The van der Waals surface area contributed by atoms with Crippen LogP contribution in [-0.2, 0) is 6.54 Å². The molecule has 0 unspecified atom stereocenters. The summed E-state index contributed by atoms with van der Waals surface area (Å²) in [6, 6.07) is 25.2. The summed E-state index contributed by atoms with van der Waals surface area (Å²) in [5, 5.41) is 6.28. The highest BCUT2D eigenvalue weighted by Crippen LogP contribution is 2.25. The number of nitrogens with zero attached hydrogens (tertiary/aromatic N) is 4. The van der Waals surface area contributed by atoms with Gasteiger partial charge in [-0.1, -0.05) is 66.7 Å². The molecule has 32 heavy (non-hydrogen) atoms. The lowest BCUT2D eigenvalue weighted by Crippen LogP contribution is -2.20. The van der Waals surface area contributed by atoms with Crippen LogP contribution >= 0.6 is 0 Å². The van der Waals surface area contributed by atoms with Crippen LogP contribution < -0.4 is 5.56 Å². The van der Waals surface area contributed by atoms with Crippen LogP contribution in [0.3, 0.4) is 0 Å². The molecule has 0 bridgehead atoms. The molecule has 2 heterocycles. The van der Waals surface area contributed by atoms with Crippen molar-refractivity contribution in [1.29, 1.82) is 0 Å². The molecule has 0 atom stereocenters. The van der Waals surface area contributed by atoms with Gasteiger partial charge in [-0.25, -0.2) is 4.98 Å². The molecule has 3 aromatic carbocycles. The van der Waals surface area contributed by atoms with E-state index in [2.05, 4.69) is 35.3 Å². The largest absolute Gasteiger partial charge is 0.340 e. The van der Waals surface area contributed by atoms with E-state index in [1.165, 1.54) is 4.68 Å². The second-order valence-electron chi connectivity index (χ2n) is 7.60. The highest BCUT2D eigenvalue weighted by atomic mass is 16.1. The summed E-state index contributed by atoms with van der Waals surface area (Å²) in [6.45, 7) is 6.65. The van der Waals surface area contributed by atoms with Crippen molar-refractivity contribution in [2.45, 2.75) is 13.5 Å². The Hall–Kier alpha value is -4.25. The van der Waals surface area contributed by atoms with Crippen molar-refractivity contribution < 1.29 is 0 Å². The molecule has 156 valence electrons. The zero-order valence-electron chi connectivity index (χ0n) is 17.8. The Bertz CT molecular complexity index is 1540. The number of hydrogen-bond donors (Lipinski definition) is 0. The van der Waals surface area contributed by atoms with Crippen LogP contribution in [0.5, 0.6) is 0 Å². The average Bonchev–Trinajstić information content (AvgIpc) is 3.10. The molecule has 0 fully saturated rings. The van der Waals surface area contributed by atoms with E-state index < -0.39 is 0 Å². The third-order valence-corrected chi connectivity index (χ3v) is 5.68. The van der Waals surface area contributed by atoms with Crippen LogP contribution in [0.15, 0.2) is 101 Å². The number of aromatic nitrogens is 3. The molecule has 0 radical (unpaired) electrons. The maximum absolute atomic E-state index is 13.4. The molecule has 0 aliphatic rings. The first-order valence-corrected chi connectivity index (χ1v) is 10.5. The van der Waals surface area contributed by atoms with Crippen LogP contribution in [0.2, 0.25) is 0 Å². The molecule has 0 saturated carbocycles. The Morgan fingerprint density at radius 3 is 2.41 bits per heavy atom. The smallest absolute Gasteiger partial charge is 0.282 e. The van der Waals surface area contributed by atoms with Gasteiger partial charge in [-0.3, -0.25) is 4.79 Å². The summed E-state index contributed by atoms with van der Waals surface area (Å²) in [5.74, 6) is 0.512. The third kappa shape index (κ3) is 3.24. The van der Waals surface area contributed by atoms with Crippen molar-refractivity contribution in [1.82, 2.24) is 14.2 Å². The Labute approximate surface area is 185 Å². The van der Waals surface area contributed by atoms with Gasteiger partial charge >= 0.3 is 0 Å². The average molecular weight is 419 g/mol. The first kappa shape index (κ1) is 19.7. The van der Waals surface area contributed by atoms with E-state index in [0.29, 0.717) is 23.3 Å². The van der Waals surface area contributed by atoms with E-state index in [0.717, 1.165) is 27.7 Å². The van der Waals surface area contributed by atoms with Crippen LogP contribution in [0, 0.1) is 6.92 Å². The van der Waals surface area contributed by atoms with Gasteiger partial charge in [0, 0.05) is 34.3 Å². The van der Waals surface area contributed by atoms with Gasteiger partial charge in [0.1, 0.15) is 0 Å². The highest BCUT2D eigenvalue weighted by molar-refractivity contribution is 6.01. The van der Waals surface area contributed by atoms with E-state index in [4.69, 9.17) is 4.98 Å². The molecule has 0 saturated heterocycles. The van der Waals surface area contributed by atoms with Crippen LogP contribution in [0.1, 0.15) is 11.3 Å². The minimum atomic E-state index is -0.196. The first-order valence-electron chi connectivity index (χ1n) is 10.5. The van der Waals surface area contributed by atoms with Crippen LogP contribution in [0.4, 0.5) is 0 Å². The number of fused-ring (bicyclic) bond motifs is 2. The van der Waals surface area contributed by atoms with Crippen LogP contribution in [0.25, 0.3) is 33.2 Å². The molecule has 0 aliphatic carbocycles. The molecular weight excluding hydrogens is 396 g/mol. The fourth-order valence-corrected chi connectivity index (χ4v) is 4.11. The van der Waals surface area contributed by atoms with Crippen LogP contribution in [-0.4, -0.2) is 20.4 Å². The van der Waals surface area contributed by atoms with Gasteiger partial charge in [0.2, 0.25) is 0 Å². The van der Waals surface area contributed by atoms with E-state index in [9.17, 15) is 4.79 Å². The zero-order chi connectivity index (χ0) is 22.1. The van der Waals surface area contributed by atoms with Gasteiger partial charge in [-0.2, -0.15) is 9.78 Å². The fourth-order valence-electron chi connectivity index (χ4n) is 4.11. The minimum Gasteiger partial charge on any atom is -0.340 e. The SMILES string of the molecule is C=CCn1c(C)c(C=Nn2c(-c3ccccc3)nc3ccccc3c2=O)c2ccccc21. The van der Waals surface area contributed by atoms with Crippen molar-refractivity contribution in [2.24, 2.45) is 5.10 Å². The molecule has 2 aromatic heterocycles. The number of benzene rings is 3. The maximum atomic E-state index is 13.4. The maximum Gasteiger partial charge on any atom is 0.282 e. The summed E-state index contributed by atoms with van der Waals surface area (Å²) < 4.78 is 3.60. The molecule has 0 spiro atoms. The molecular formula is C27H22N4O. The van der Waals surface area contributed by atoms with E-state index in [1.54, 1.807) is 12.3 Å². The second kappa shape index (κ2) is 8.12. The van der Waals surface area contributed by atoms with Gasteiger partial charge in [-0.15, -0.1) is 6.58 Å². The summed E-state index contributed by atoms with van der Waals surface area (Å²) in [6.07, 6.45) is 3.65. The van der Waals surface area contributed by atoms with Gasteiger partial charge in [0.15, 0.2) is 5.82 Å². The zero-order valence-corrected chi connectivity index (χ0v) is 17.8. The lowest BCUT2D eigenvalue weighted by Gasteiger charge is -2.09. The van der Waals surface area contributed by atoms with Crippen molar-refractivity contribution in [3.8, 4) is 11.4 Å². The molecule has 5 rings (SSSR count). The Balaban J connectivity index is 1.75. The van der Waals surface area contributed by atoms with Gasteiger partial charge in [-0.05, 0) is 25.1 Å². The second-order valence-corrected chi connectivity index (χ2v) is 7.60. The molecule has 0 N–H and O–H groups in total. The summed E-state index contributed by atoms with van der Waals surface area (Å²) in [4.78, 5) is 18.2. The van der Waals surface area contributed by atoms with Crippen molar-refractivity contribution in [2.75, 3.05) is 0 Å². The number of hydrogen-bond acceptors (Lipinski definition) is 3. The molecule has 0 aliphatic heterocycles. The number of para-hydroxylation sites is 2. The highest BCUT2D eigenvalue weighted by Gasteiger charge is 2.14. The van der Waals surface area contributed by atoms with Gasteiger partial charge in [0.25, 0.3) is 5.56 Å². The number of allylic oxidation sites excluding steroid dienone is 1. The monoisotopic (exact) mass is 418 g/mol. The molecule has 0 amide bonds. The predicted octanol–water partition coefficient (Wildman–Crippen LogP) is 5.39. The first-order chi connectivity index (χ1) is 15.7. The van der Waals surface area contributed by atoms with Crippen molar-refractivity contribution >= 4 is 28.0 Å². The lowest BCUT2D eigenvalue weighted by atomic mass is 10.1. The Morgan fingerprint density at radius 1 is 0.938 bits per heavy atom. The number of rotatable bonds is 5. The van der Waals surface area contributed by atoms with E-state index >= 15 is 0 Å².